The van der Waals surface area contributed by atoms with Gasteiger partial charge in [0.2, 0.25) is 0 Å². The van der Waals surface area contributed by atoms with E-state index in [1.807, 2.05) is 0 Å². The van der Waals surface area contributed by atoms with Gasteiger partial charge in [0, 0.05) is 16.9 Å². The van der Waals surface area contributed by atoms with Crippen LogP contribution in [0.1, 0.15) is 74.9 Å². The Balaban J connectivity index is 1.21. The van der Waals surface area contributed by atoms with Gasteiger partial charge in [0.15, 0.2) is 0 Å². The third kappa shape index (κ3) is 5.92. The van der Waals surface area contributed by atoms with Crippen LogP contribution in [0.4, 0.5) is 17.1 Å². The first kappa shape index (κ1) is 40.1. The Hall–Kier alpha value is -7.48. The van der Waals surface area contributed by atoms with Gasteiger partial charge in [-0.15, -0.1) is 0 Å². The normalized spacial score (nSPS) is 14.9. The molecule has 0 amide bonds. The molecule has 0 bridgehead atoms. The lowest BCUT2D eigenvalue weighted by molar-refractivity contribution is 0.592. The Labute approximate surface area is 389 Å². The minimum Gasteiger partial charge on any atom is -0.310 e. The summed E-state index contributed by atoms with van der Waals surface area (Å²) in [5.41, 5.74) is 20.8. The topological polar surface area (TPSA) is 3.24 Å². The number of anilines is 3. The molecule has 10 aromatic rings. The molecule has 10 aromatic carbocycles. The molecule has 1 spiro atoms. The van der Waals surface area contributed by atoms with E-state index in [4.69, 9.17) is 0 Å². The summed E-state index contributed by atoms with van der Waals surface area (Å²) < 4.78 is 0. The van der Waals surface area contributed by atoms with Crippen molar-refractivity contribution in [1.29, 1.82) is 0 Å². The SMILES string of the molecule is CC(C)(C)c1cc2c(c3ccccc13)-c1cccc3c(C(C)(C)C)ccc(c13)C21c2ccccc2-c2c(N(c3ccc(-c4ccccc4)cc3)c3cccc(-c4ccccc4)c3)cccc21. The highest BCUT2D eigenvalue weighted by atomic mass is 15.1. The van der Waals surface area contributed by atoms with Gasteiger partial charge in [-0.3, -0.25) is 0 Å². The number of benzene rings is 10. The maximum Gasteiger partial charge on any atom is 0.0726 e. The van der Waals surface area contributed by atoms with Crippen molar-refractivity contribution in [2.24, 2.45) is 0 Å². The summed E-state index contributed by atoms with van der Waals surface area (Å²) in [6.07, 6.45) is 0. The molecule has 1 unspecified atom stereocenters. The van der Waals surface area contributed by atoms with E-state index < -0.39 is 5.41 Å². The van der Waals surface area contributed by atoms with E-state index in [-0.39, 0.29) is 10.8 Å². The number of fused-ring (bicyclic) bond motifs is 11. The number of nitrogens with zero attached hydrogens (tertiary/aromatic N) is 1. The van der Waals surface area contributed by atoms with E-state index in [1.165, 1.54) is 99.4 Å². The summed E-state index contributed by atoms with van der Waals surface area (Å²) in [6, 6.07) is 79.9. The van der Waals surface area contributed by atoms with Crippen LogP contribution in [0.2, 0.25) is 0 Å². The van der Waals surface area contributed by atoms with Crippen molar-refractivity contribution in [3.05, 3.63) is 246 Å². The fourth-order valence-electron chi connectivity index (χ4n) is 11.7. The second-order valence-corrected chi connectivity index (χ2v) is 20.4. The van der Waals surface area contributed by atoms with Gasteiger partial charge in [-0.1, -0.05) is 224 Å². The molecule has 2 aliphatic rings. The molecule has 0 heterocycles. The summed E-state index contributed by atoms with van der Waals surface area (Å²) in [5.74, 6) is 0. The van der Waals surface area contributed by atoms with E-state index in [2.05, 4.69) is 259 Å². The van der Waals surface area contributed by atoms with Crippen LogP contribution in [0.5, 0.6) is 0 Å². The predicted octanol–water partition coefficient (Wildman–Crippen LogP) is 17.7. The van der Waals surface area contributed by atoms with Crippen LogP contribution in [-0.4, -0.2) is 0 Å². The maximum absolute atomic E-state index is 2.61. The van der Waals surface area contributed by atoms with Gasteiger partial charge in [-0.25, -0.2) is 0 Å². The first-order valence-electron chi connectivity index (χ1n) is 23.5. The van der Waals surface area contributed by atoms with Crippen molar-refractivity contribution < 1.29 is 0 Å². The lowest BCUT2D eigenvalue weighted by Crippen LogP contribution is -2.33. The van der Waals surface area contributed by atoms with Crippen LogP contribution in [0.25, 0.3) is 66.1 Å². The molecular weight excluding hydrogens is 795 g/mol. The summed E-state index contributed by atoms with van der Waals surface area (Å²) in [7, 11) is 0. The van der Waals surface area contributed by atoms with E-state index >= 15 is 0 Å². The van der Waals surface area contributed by atoms with Gasteiger partial charge < -0.3 is 4.90 Å². The molecule has 0 fully saturated rings. The van der Waals surface area contributed by atoms with Crippen LogP contribution in [0.3, 0.4) is 0 Å². The highest BCUT2D eigenvalue weighted by Gasteiger charge is 2.52. The third-order valence-corrected chi connectivity index (χ3v) is 14.5. The molecular formula is C65H53N. The summed E-state index contributed by atoms with van der Waals surface area (Å²) >= 11 is 0. The molecule has 0 aromatic heterocycles. The van der Waals surface area contributed by atoms with Crippen molar-refractivity contribution in [3.63, 3.8) is 0 Å². The molecule has 0 saturated heterocycles. The second-order valence-electron chi connectivity index (χ2n) is 20.4. The highest BCUT2D eigenvalue weighted by molar-refractivity contribution is 6.15. The minimum atomic E-state index is -0.612. The Morgan fingerprint density at radius 2 is 0.894 bits per heavy atom. The predicted molar refractivity (Wildman–Crippen MR) is 281 cm³/mol. The highest BCUT2D eigenvalue weighted by Crippen LogP contribution is 2.65. The largest absolute Gasteiger partial charge is 0.310 e. The van der Waals surface area contributed by atoms with E-state index in [0.717, 1.165) is 17.1 Å². The molecule has 1 nitrogen and oxygen atoms in total. The first-order valence-corrected chi connectivity index (χ1v) is 23.5. The molecule has 0 radical (unpaired) electrons. The monoisotopic (exact) mass is 847 g/mol. The fourth-order valence-corrected chi connectivity index (χ4v) is 11.7. The average Bonchev–Trinajstić information content (AvgIpc) is 3.64. The van der Waals surface area contributed by atoms with Gasteiger partial charge in [-0.05, 0) is 135 Å². The zero-order valence-electron chi connectivity index (χ0n) is 38.7. The average molecular weight is 848 g/mol. The zero-order valence-corrected chi connectivity index (χ0v) is 38.7. The quantitative estimate of drug-likeness (QED) is 0.167. The van der Waals surface area contributed by atoms with Crippen molar-refractivity contribution >= 4 is 38.6 Å². The summed E-state index contributed by atoms with van der Waals surface area (Å²) in [5, 5.41) is 5.35. The van der Waals surface area contributed by atoms with Gasteiger partial charge in [-0.2, -0.15) is 0 Å². The minimum absolute atomic E-state index is 0.0493. The molecule has 66 heavy (non-hydrogen) atoms. The Kier molecular flexibility index (Phi) is 8.97. The van der Waals surface area contributed by atoms with Crippen molar-refractivity contribution in [3.8, 4) is 44.5 Å². The van der Waals surface area contributed by atoms with Crippen LogP contribution < -0.4 is 4.90 Å². The van der Waals surface area contributed by atoms with Gasteiger partial charge in [0.05, 0.1) is 11.1 Å². The molecule has 1 atom stereocenters. The van der Waals surface area contributed by atoms with E-state index in [9.17, 15) is 0 Å². The fraction of sp³-hybridized carbons (Fsp3) is 0.138. The molecule has 0 aliphatic heterocycles. The zero-order chi connectivity index (χ0) is 45.0. The number of hydrogen-bond donors (Lipinski definition) is 0. The molecule has 12 rings (SSSR count). The second kappa shape index (κ2) is 14.8. The summed E-state index contributed by atoms with van der Waals surface area (Å²) in [4.78, 5) is 2.51. The van der Waals surface area contributed by atoms with Gasteiger partial charge in [0.25, 0.3) is 0 Å². The van der Waals surface area contributed by atoms with Crippen LogP contribution in [-0.2, 0) is 16.2 Å². The number of hydrogen-bond acceptors (Lipinski definition) is 1. The Bertz CT molecular complexity index is 3530. The Morgan fingerprint density at radius 3 is 1.62 bits per heavy atom. The number of rotatable bonds is 5. The molecule has 0 saturated carbocycles. The van der Waals surface area contributed by atoms with Gasteiger partial charge >= 0.3 is 0 Å². The van der Waals surface area contributed by atoms with Crippen LogP contribution in [0, 0.1) is 0 Å². The maximum atomic E-state index is 2.61. The van der Waals surface area contributed by atoms with Crippen molar-refractivity contribution in [1.82, 2.24) is 0 Å². The van der Waals surface area contributed by atoms with Crippen LogP contribution in [0.15, 0.2) is 212 Å². The van der Waals surface area contributed by atoms with E-state index in [1.54, 1.807) is 0 Å². The van der Waals surface area contributed by atoms with Crippen LogP contribution >= 0.6 is 0 Å². The standard InChI is InChI=1S/C65H53N/c1-63(2,3)53-38-39-56-61-50(53)29-18-30-52(61)60-49-27-14-13-26-48(49)57(64(4,5)6)41-58(60)65(56)54-31-16-15-28-51(54)62-55(65)32-19-33-59(62)66(46-36-34-44(35-37-46)42-20-9-7-10-21-42)47-25-17-24-45(40-47)43-22-11-8-12-23-43/h7-41H,1-6H3. The molecule has 1 heteroatoms. The first-order chi connectivity index (χ1) is 32.0. The molecule has 0 N–H and O–H groups in total. The lowest BCUT2D eigenvalue weighted by Gasteiger charge is -2.42. The van der Waals surface area contributed by atoms with Gasteiger partial charge in [0.1, 0.15) is 0 Å². The molecule has 318 valence electrons. The van der Waals surface area contributed by atoms with Crippen molar-refractivity contribution in [2.75, 3.05) is 4.90 Å². The Morgan fingerprint density at radius 1 is 0.333 bits per heavy atom. The summed E-state index contributed by atoms with van der Waals surface area (Å²) in [6.45, 7) is 14.2. The van der Waals surface area contributed by atoms with Crippen molar-refractivity contribution in [2.45, 2.75) is 57.8 Å². The lowest BCUT2D eigenvalue weighted by atomic mass is 9.59. The molecule has 2 aliphatic carbocycles. The van der Waals surface area contributed by atoms with E-state index in [0.29, 0.717) is 0 Å². The third-order valence-electron chi connectivity index (χ3n) is 14.5. The smallest absolute Gasteiger partial charge is 0.0726 e.